The molecule has 0 spiro atoms. The lowest BCUT2D eigenvalue weighted by Crippen LogP contribution is -2.31. The highest BCUT2D eigenvalue weighted by atomic mass is 16.2. The third kappa shape index (κ3) is 6.41. The minimum Gasteiger partial charge on any atom is -0.352 e. The molecule has 4 heteroatoms. The predicted molar refractivity (Wildman–Crippen MR) is 78.5 cm³/mol. The van der Waals surface area contributed by atoms with Crippen molar-refractivity contribution < 1.29 is 9.59 Å². The second-order valence-electron chi connectivity index (χ2n) is 4.38. The van der Waals surface area contributed by atoms with Gasteiger partial charge in [-0.05, 0) is 31.4 Å². The number of nitrogens with one attached hydrogen (secondary N) is 2. The molecule has 0 atom stereocenters. The van der Waals surface area contributed by atoms with Crippen LogP contribution in [-0.4, -0.2) is 24.9 Å². The van der Waals surface area contributed by atoms with Crippen molar-refractivity contribution in [2.45, 2.75) is 20.3 Å². The highest BCUT2D eigenvalue weighted by Crippen LogP contribution is 2.03. The zero-order valence-corrected chi connectivity index (χ0v) is 11.8. The van der Waals surface area contributed by atoms with Crippen LogP contribution in [0, 0.1) is 0 Å². The van der Waals surface area contributed by atoms with Gasteiger partial charge >= 0.3 is 0 Å². The summed E-state index contributed by atoms with van der Waals surface area (Å²) in [5.41, 5.74) is 2.03. The van der Waals surface area contributed by atoms with E-state index in [4.69, 9.17) is 0 Å². The van der Waals surface area contributed by atoms with Crippen LogP contribution in [0.3, 0.4) is 0 Å². The molecule has 2 amide bonds. The average Bonchev–Trinajstić information content (AvgIpc) is 2.35. The van der Waals surface area contributed by atoms with Gasteiger partial charge in [0.05, 0.1) is 0 Å². The molecule has 0 unspecified atom stereocenters. The molecule has 0 aliphatic rings. The molecule has 0 aromatic heterocycles. The topological polar surface area (TPSA) is 58.2 Å². The highest BCUT2D eigenvalue weighted by Gasteiger charge is 2.07. The number of carbonyl (C=O) groups is 2. The average molecular weight is 262 g/mol. The standard InChI is InChI=1S/C15H22N2O2/c1-10(2)12(5)14(18)16-8-7-9-17-15(19)13(6)11(3)4/h1,3,5-9H2,2,4H3,(H,16,18)(H,17,19). The molecule has 0 fully saturated rings. The van der Waals surface area contributed by atoms with E-state index in [1.54, 1.807) is 13.8 Å². The van der Waals surface area contributed by atoms with E-state index in [-0.39, 0.29) is 11.8 Å². The summed E-state index contributed by atoms with van der Waals surface area (Å²) < 4.78 is 0. The molecule has 0 rings (SSSR count). The minimum absolute atomic E-state index is 0.231. The van der Waals surface area contributed by atoms with Crippen molar-refractivity contribution in [1.29, 1.82) is 0 Å². The first-order valence-electron chi connectivity index (χ1n) is 6.03. The van der Waals surface area contributed by atoms with Gasteiger partial charge in [0.1, 0.15) is 0 Å². The molecule has 4 nitrogen and oxygen atoms in total. The molecule has 0 aromatic carbocycles. The van der Waals surface area contributed by atoms with Crippen molar-refractivity contribution in [1.82, 2.24) is 10.6 Å². The molecular formula is C15H22N2O2. The first-order valence-corrected chi connectivity index (χ1v) is 6.03. The molecule has 0 aliphatic heterocycles. The fraction of sp³-hybridized carbons (Fsp3) is 0.333. The van der Waals surface area contributed by atoms with Gasteiger partial charge in [-0.25, -0.2) is 0 Å². The molecule has 0 radical (unpaired) electrons. The summed E-state index contributed by atoms with van der Waals surface area (Å²) in [5.74, 6) is -0.463. The van der Waals surface area contributed by atoms with E-state index in [9.17, 15) is 9.59 Å². The first-order chi connectivity index (χ1) is 8.77. The van der Waals surface area contributed by atoms with Gasteiger partial charge < -0.3 is 10.6 Å². The van der Waals surface area contributed by atoms with Gasteiger partial charge in [0.15, 0.2) is 0 Å². The van der Waals surface area contributed by atoms with Gasteiger partial charge in [-0.1, -0.05) is 26.3 Å². The van der Waals surface area contributed by atoms with E-state index in [0.29, 0.717) is 41.8 Å². The fourth-order valence-corrected chi connectivity index (χ4v) is 1.09. The molecule has 0 saturated heterocycles. The van der Waals surface area contributed by atoms with Gasteiger partial charge in [-0.3, -0.25) is 9.59 Å². The molecular weight excluding hydrogens is 240 g/mol. The summed E-state index contributed by atoms with van der Waals surface area (Å²) in [6.07, 6.45) is 0.629. The normalized spacial score (nSPS) is 9.37. The lowest BCUT2D eigenvalue weighted by Gasteiger charge is -2.09. The second-order valence-corrected chi connectivity index (χ2v) is 4.38. The van der Waals surface area contributed by atoms with Gasteiger partial charge in [0, 0.05) is 24.2 Å². The lowest BCUT2D eigenvalue weighted by atomic mass is 10.1. The monoisotopic (exact) mass is 262 g/mol. The van der Waals surface area contributed by atoms with Crippen LogP contribution in [-0.2, 0) is 9.59 Å². The Labute approximate surface area is 115 Å². The summed E-state index contributed by atoms with van der Waals surface area (Å²) in [4.78, 5) is 23.0. The molecule has 104 valence electrons. The highest BCUT2D eigenvalue weighted by molar-refractivity contribution is 5.97. The Bertz CT molecular complexity index is 393. The SMILES string of the molecule is C=C(C)C(=C)C(=O)NCCCNC(=O)C(=C)C(=C)C. The van der Waals surface area contributed by atoms with Crippen LogP contribution in [0.25, 0.3) is 0 Å². The van der Waals surface area contributed by atoms with Crippen molar-refractivity contribution in [3.05, 3.63) is 48.6 Å². The van der Waals surface area contributed by atoms with Gasteiger partial charge in [0.2, 0.25) is 0 Å². The van der Waals surface area contributed by atoms with E-state index >= 15 is 0 Å². The van der Waals surface area contributed by atoms with Crippen LogP contribution in [0.2, 0.25) is 0 Å². The van der Waals surface area contributed by atoms with Gasteiger partial charge in [-0.15, -0.1) is 0 Å². The number of amides is 2. The molecule has 0 heterocycles. The smallest absolute Gasteiger partial charge is 0.250 e. The summed E-state index contributed by atoms with van der Waals surface area (Å²) in [6.45, 7) is 18.9. The molecule has 0 aromatic rings. The van der Waals surface area contributed by atoms with Crippen molar-refractivity contribution in [3.8, 4) is 0 Å². The van der Waals surface area contributed by atoms with Crippen molar-refractivity contribution >= 4 is 11.8 Å². The Hall–Kier alpha value is -2.10. The van der Waals surface area contributed by atoms with Crippen LogP contribution in [0.15, 0.2) is 48.6 Å². The second kappa shape index (κ2) is 8.08. The van der Waals surface area contributed by atoms with E-state index in [2.05, 4.69) is 36.9 Å². The Kier molecular flexibility index (Phi) is 7.19. The Morgan fingerprint density at radius 1 is 0.789 bits per heavy atom. The largest absolute Gasteiger partial charge is 0.352 e. The number of hydrogen-bond donors (Lipinski definition) is 2. The maximum Gasteiger partial charge on any atom is 0.250 e. The van der Waals surface area contributed by atoms with E-state index in [1.165, 1.54) is 0 Å². The molecule has 0 bridgehead atoms. The maximum absolute atomic E-state index is 11.5. The minimum atomic E-state index is -0.231. The molecule has 0 aliphatic carbocycles. The van der Waals surface area contributed by atoms with Crippen molar-refractivity contribution in [3.63, 3.8) is 0 Å². The quantitative estimate of drug-likeness (QED) is 0.398. The van der Waals surface area contributed by atoms with Crippen LogP contribution in [0.1, 0.15) is 20.3 Å². The molecule has 0 saturated carbocycles. The van der Waals surface area contributed by atoms with E-state index in [1.807, 2.05) is 0 Å². The van der Waals surface area contributed by atoms with Crippen LogP contribution < -0.4 is 10.6 Å². The fourth-order valence-electron chi connectivity index (χ4n) is 1.09. The Morgan fingerprint density at radius 2 is 1.11 bits per heavy atom. The summed E-state index contributed by atoms with van der Waals surface area (Å²) in [6, 6.07) is 0. The summed E-state index contributed by atoms with van der Waals surface area (Å²) in [5, 5.41) is 5.40. The third-order valence-electron chi connectivity index (χ3n) is 2.50. The van der Waals surface area contributed by atoms with Gasteiger partial charge in [0.25, 0.3) is 11.8 Å². The summed E-state index contributed by atoms with van der Waals surface area (Å²) >= 11 is 0. The number of rotatable bonds is 8. The van der Waals surface area contributed by atoms with Crippen LogP contribution in [0.5, 0.6) is 0 Å². The van der Waals surface area contributed by atoms with Gasteiger partial charge in [-0.2, -0.15) is 0 Å². The maximum atomic E-state index is 11.5. The van der Waals surface area contributed by atoms with Crippen molar-refractivity contribution in [2.75, 3.05) is 13.1 Å². The van der Waals surface area contributed by atoms with Crippen LogP contribution in [0.4, 0.5) is 0 Å². The van der Waals surface area contributed by atoms with Crippen LogP contribution >= 0.6 is 0 Å². The Balaban J connectivity index is 3.83. The van der Waals surface area contributed by atoms with E-state index in [0.717, 1.165) is 0 Å². The zero-order chi connectivity index (χ0) is 15.0. The zero-order valence-electron chi connectivity index (χ0n) is 11.8. The Morgan fingerprint density at radius 3 is 1.37 bits per heavy atom. The molecule has 2 N–H and O–H groups in total. The third-order valence-corrected chi connectivity index (χ3v) is 2.50. The van der Waals surface area contributed by atoms with E-state index < -0.39 is 0 Å². The molecule has 19 heavy (non-hydrogen) atoms. The summed E-state index contributed by atoms with van der Waals surface area (Å²) in [7, 11) is 0. The van der Waals surface area contributed by atoms with Crippen molar-refractivity contribution in [2.24, 2.45) is 0 Å². The first kappa shape index (κ1) is 16.9. The lowest BCUT2D eigenvalue weighted by molar-refractivity contribution is -0.117. The predicted octanol–water partition coefficient (Wildman–Crippen LogP) is 1.87. The number of carbonyl (C=O) groups excluding carboxylic acids is 2. The number of hydrogen-bond acceptors (Lipinski definition) is 2.